The molecule has 1 fully saturated rings. The van der Waals surface area contributed by atoms with Crippen LogP contribution in [0.5, 0.6) is 0 Å². The van der Waals surface area contributed by atoms with Crippen molar-refractivity contribution in [3.63, 3.8) is 0 Å². The van der Waals surface area contributed by atoms with E-state index in [-0.39, 0.29) is 11.8 Å². The van der Waals surface area contributed by atoms with E-state index in [2.05, 4.69) is 5.48 Å². The molecule has 1 atom stereocenters. The zero-order chi connectivity index (χ0) is 6.69. The van der Waals surface area contributed by atoms with Crippen molar-refractivity contribution in [2.24, 2.45) is 11.7 Å². The minimum Gasteiger partial charge on any atom is -0.369 e. The first-order valence-electron chi connectivity index (χ1n) is 2.94. The number of nitrogens with one attached hydrogen (secondary N) is 1. The maximum Gasteiger partial charge on any atom is 0.221 e. The van der Waals surface area contributed by atoms with Gasteiger partial charge in [-0.1, -0.05) is 0 Å². The fourth-order valence-electron chi connectivity index (χ4n) is 0.778. The first-order valence-corrected chi connectivity index (χ1v) is 2.94. The third kappa shape index (κ3) is 1.65. The van der Waals surface area contributed by atoms with Crippen molar-refractivity contribution in [2.45, 2.75) is 6.42 Å². The van der Waals surface area contributed by atoms with Crippen LogP contribution in [0.4, 0.5) is 0 Å². The zero-order valence-electron chi connectivity index (χ0n) is 5.09. The highest BCUT2D eigenvalue weighted by Crippen LogP contribution is 2.04. The van der Waals surface area contributed by atoms with Gasteiger partial charge in [0.1, 0.15) is 0 Å². The molecule has 0 spiro atoms. The molecule has 9 heavy (non-hydrogen) atoms. The summed E-state index contributed by atoms with van der Waals surface area (Å²) < 4.78 is 0. The Morgan fingerprint density at radius 1 is 1.78 bits per heavy atom. The van der Waals surface area contributed by atoms with E-state index >= 15 is 0 Å². The van der Waals surface area contributed by atoms with Crippen molar-refractivity contribution < 1.29 is 9.63 Å². The van der Waals surface area contributed by atoms with Crippen molar-refractivity contribution in [1.82, 2.24) is 5.48 Å². The Morgan fingerprint density at radius 2 is 2.56 bits per heavy atom. The number of primary amides is 1. The Kier molecular flexibility index (Phi) is 2.02. The molecule has 1 unspecified atom stereocenters. The van der Waals surface area contributed by atoms with Gasteiger partial charge in [-0.05, 0) is 6.42 Å². The molecular weight excluding hydrogens is 120 g/mol. The van der Waals surface area contributed by atoms with Gasteiger partial charge in [0.2, 0.25) is 5.91 Å². The van der Waals surface area contributed by atoms with Crippen molar-refractivity contribution >= 4 is 5.91 Å². The second-order valence-electron chi connectivity index (χ2n) is 2.08. The van der Waals surface area contributed by atoms with Gasteiger partial charge < -0.3 is 10.6 Å². The van der Waals surface area contributed by atoms with Crippen molar-refractivity contribution in [2.75, 3.05) is 13.2 Å². The van der Waals surface area contributed by atoms with Crippen LogP contribution in [0.3, 0.4) is 0 Å². The molecule has 1 aliphatic heterocycles. The molecule has 0 bridgehead atoms. The van der Waals surface area contributed by atoms with E-state index in [0.717, 1.165) is 6.42 Å². The van der Waals surface area contributed by atoms with E-state index in [1.54, 1.807) is 0 Å². The lowest BCUT2D eigenvalue weighted by molar-refractivity contribution is -0.126. The number of nitrogens with two attached hydrogens (primary N) is 1. The molecule has 4 nitrogen and oxygen atoms in total. The number of carbonyl (C=O) groups excluding carboxylic acids is 1. The smallest absolute Gasteiger partial charge is 0.221 e. The van der Waals surface area contributed by atoms with Crippen LogP contribution in [0.2, 0.25) is 0 Å². The number of hydrogen-bond donors (Lipinski definition) is 2. The lowest BCUT2D eigenvalue weighted by atomic mass is 10.1. The van der Waals surface area contributed by atoms with Gasteiger partial charge in [-0.25, -0.2) is 5.48 Å². The minimum absolute atomic E-state index is 0.0428. The Labute approximate surface area is 53.3 Å². The van der Waals surface area contributed by atoms with Crippen LogP contribution in [0.25, 0.3) is 0 Å². The molecule has 0 saturated carbocycles. The van der Waals surface area contributed by atoms with E-state index < -0.39 is 0 Å². The van der Waals surface area contributed by atoms with E-state index in [0.29, 0.717) is 13.2 Å². The summed E-state index contributed by atoms with van der Waals surface area (Å²) in [5, 5.41) is 0. The van der Waals surface area contributed by atoms with Crippen molar-refractivity contribution in [3.05, 3.63) is 0 Å². The molecule has 1 heterocycles. The highest BCUT2D eigenvalue weighted by Gasteiger charge is 2.17. The van der Waals surface area contributed by atoms with Crippen LogP contribution in [0.15, 0.2) is 0 Å². The summed E-state index contributed by atoms with van der Waals surface area (Å²) in [7, 11) is 0. The second-order valence-corrected chi connectivity index (χ2v) is 2.08. The summed E-state index contributed by atoms with van der Waals surface area (Å²) in [5.74, 6) is -0.287. The van der Waals surface area contributed by atoms with E-state index in [4.69, 9.17) is 10.6 Å². The Hall–Kier alpha value is -0.610. The highest BCUT2D eigenvalue weighted by molar-refractivity contribution is 5.76. The summed E-state index contributed by atoms with van der Waals surface area (Å²) >= 11 is 0. The molecule has 52 valence electrons. The lowest BCUT2D eigenvalue weighted by Crippen LogP contribution is -2.38. The number of hydroxylamine groups is 1. The van der Waals surface area contributed by atoms with Gasteiger partial charge in [0, 0.05) is 6.54 Å². The molecule has 3 N–H and O–H groups in total. The Bertz CT molecular complexity index is 110. The maximum absolute atomic E-state index is 10.5. The number of carbonyl (C=O) groups is 1. The molecule has 0 aromatic heterocycles. The normalized spacial score (nSPS) is 27.8. The third-order valence-electron chi connectivity index (χ3n) is 1.40. The van der Waals surface area contributed by atoms with Gasteiger partial charge in [-0.15, -0.1) is 0 Å². The van der Waals surface area contributed by atoms with E-state index in [9.17, 15) is 4.79 Å². The zero-order valence-corrected chi connectivity index (χ0v) is 5.09. The largest absolute Gasteiger partial charge is 0.369 e. The summed E-state index contributed by atoms with van der Waals surface area (Å²) in [4.78, 5) is 15.3. The molecule has 1 saturated heterocycles. The van der Waals surface area contributed by atoms with E-state index in [1.165, 1.54) is 0 Å². The molecule has 1 amide bonds. The van der Waals surface area contributed by atoms with Gasteiger partial charge in [0.25, 0.3) is 0 Å². The molecule has 0 radical (unpaired) electrons. The standard InChI is InChI=1S/C5H10N2O2/c6-5(8)4-1-2-9-7-3-4/h4,7H,1-3H2,(H2,6,8). The van der Waals surface area contributed by atoms with Crippen molar-refractivity contribution in [3.8, 4) is 0 Å². The fraction of sp³-hybridized carbons (Fsp3) is 0.800. The predicted molar refractivity (Wildman–Crippen MR) is 31.3 cm³/mol. The quantitative estimate of drug-likeness (QED) is 0.479. The van der Waals surface area contributed by atoms with Gasteiger partial charge >= 0.3 is 0 Å². The first-order chi connectivity index (χ1) is 4.30. The third-order valence-corrected chi connectivity index (χ3v) is 1.40. The van der Waals surface area contributed by atoms with Crippen LogP contribution < -0.4 is 11.2 Å². The number of hydrogen-bond acceptors (Lipinski definition) is 3. The number of amides is 1. The molecule has 0 aromatic rings. The minimum atomic E-state index is -0.245. The van der Waals surface area contributed by atoms with Crippen LogP contribution in [-0.4, -0.2) is 19.1 Å². The van der Waals surface area contributed by atoms with Gasteiger partial charge in [0.05, 0.1) is 12.5 Å². The topological polar surface area (TPSA) is 64.4 Å². The molecule has 1 aliphatic rings. The Balaban J connectivity index is 2.31. The van der Waals surface area contributed by atoms with E-state index in [1.807, 2.05) is 0 Å². The monoisotopic (exact) mass is 130 g/mol. The van der Waals surface area contributed by atoms with Crippen LogP contribution in [0, 0.1) is 5.92 Å². The van der Waals surface area contributed by atoms with Gasteiger partial charge in [-0.2, -0.15) is 0 Å². The predicted octanol–water partition coefficient (Wildman–Crippen LogP) is -0.987. The van der Waals surface area contributed by atoms with Gasteiger partial charge in [-0.3, -0.25) is 4.79 Å². The summed E-state index contributed by atoms with van der Waals surface area (Å²) in [5.41, 5.74) is 7.65. The maximum atomic E-state index is 10.5. The number of rotatable bonds is 1. The average molecular weight is 130 g/mol. The first kappa shape index (κ1) is 6.51. The average Bonchev–Trinajstić information content (AvgIpc) is 1.90. The fourth-order valence-corrected chi connectivity index (χ4v) is 0.778. The molecule has 1 rings (SSSR count). The van der Waals surface area contributed by atoms with Gasteiger partial charge in [0.15, 0.2) is 0 Å². The Morgan fingerprint density at radius 3 is 2.89 bits per heavy atom. The summed E-state index contributed by atoms with van der Waals surface area (Å²) in [6.07, 6.45) is 0.738. The van der Waals surface area contributed by atoms with Crippen LogP contribution >= 0.6 is 0 Å². The van der Waals surface area contributed by atoms with Crippen LogP contribution in [0.1, 0.15) is 6.42 Å². The lowest BCUT2D eigenvalue weighted by Gasteiger charge is -2.18. The van der Waals surface area contributed by atoms with Crippen molar-refractivity contribution in [1.29, 1.82) is 0 Å². The summed E-state index contributed by atoms with van der Waals surface area (Å²) in [6.45, 7) is 1.13. The van der Waals surface area contributed by atoms with Crippen LogP contribution in [-0.2, 0) is 9.63 Å². The molecule has 4 heteroatoms. The second kappa shape index (κ2) is 2.80. The molecule has 0 aromatic carbocycles. The molecular formula is C5H10N2O2. The highest BCUT2D eigenvalue weighted by atomic mass is 16.6. The molecule has 0 aliphatic carbocycles. The SMILES string of the molecule is NC(=O)C1CCONC1. The summed E-state index contributed by atoms with van der Waals surface area (Å²) in [6, 6.07) is 0.